The number of aromatic nitrogens is 6. The third-order valence-electron chi connectivity index (χ3n) is 9.66. The number of nitrogens with zero attached hydrogens (tertiary/aromatic N) is 3. The van der Waals surface area contributed by atoms with Gasteiger partial charge in [-0.05, 0) is 91.0 Å². The maximum absolute atomic E-state index is 3.81. The molecule has 0 atom stereocenters. The molecule has 0 aliphatic rings. The Hall–Kier alpha value is -7.05. The molecule has 0 unspecified atom stereocenters. The van der Waals surface area contributed by atoms with E-state index in [9.17, 15) is 0 Å². The van der Waals surface area contributed by atoms with Gasteiger partial charge in [0.15, 0.2) is 33.1 Å². The van der Waals surface area contributed by atoms with Crippen molar-refractivity contribution in [2.75, 3.05) is 0 Å². The summed E-state index contributed by atoms with van der Waals surface area (Å²) in [6.45, 7) is 0. The largest absolute Gasteiger partial charge is 0.292 e. The second-order valence-electron chi connectivity index (χ2n) is 12.8. The van der Waals surface area contributed by atoms with Crippen LogP contribution in [0.25, 0.3) is 84.3 Å². The van der Waals surface area contributed by atoms with Crippen LogP contribution in [-0.2, 0) is 0 Å². The Morgan fingerprint density at radius 3 is 0.824 bits per heavy atom. The summed E-state index contributed by atoms with van der Waals surface area (Å²) in [7, 11) is 0. The molecule has 0 aliphatic heterocycles. The summed E-state index contributed by atoms with van der Waals surface area (Å²) in [5, 5.41) is 0. The lowest BCUT2D eigenvalue weighted by Crippen LogP contribution is -2.33. The van der Waals surface area contributed by atoms with Gasteiger partial charge in [-0.1, -0.05) is 91.0 Å². The van der Waals surface area contributed by atoms with E-state index in [1.54, 1.807) is 0 Å². The highest BCUT2D eigenvalue weighted by molar-refractivity contribution is 5.83. The topological polar surface area (TPSA) is 59.0 Å². The monoisotopic (exact) mass is 657 g/mol. The van der Waals surface area contributed by atoms with E-state index in [0.29, 0.717) is 0 Å². The van der Waals surface area contributed by atoms with E-state index in [4.69, 9.17) is 0 Å². The van der Waals surface area contributed by atoms with Crippen LogP contribution in [0.5, 0.6) is 0 Å². The fraction of sp³-hybridized carbons (Fsp3) is 0. The second-order valence-corrected chi connectivity index (χ2v) is 12.8. The maximum Gasteiger partial charge on any atom is 0.292 e. The van der Waals surface area contributed by atoms with Crippen LogP contribution in [-0.4, -0.2) is 15.0 Å². The molecule has 7 aromatic carbocycles. The first kappa shape index (κ1) is 28.9. The van der Waals surface area contributed by atoms with Crippen molar-refractivity contribution < 1.29 is 13.7 Å². The SMILES string of the molecule is c1ccc(-[n+]2c(-c3cc(-c4[nH]c5ccccc5[n+]4-c4ccccc4)cc(-c4[nH]c5ccccc5[n+]4-c4ccccc4)c3)[nH]c3ccccc32)cc1. The molecule has 0 fully saturated rings. The van der Waals surface area contributed by atoms with Crippen LogP contribution < -0.4 is 13.7 Å². The quantitative estimate of drug-likeness (QED) is 0.150. The molecule has 6 heteroatoms. The number of para-hydroxylation sites is 9. The maximum atomic E-state index is 3.81. The highest BCUT2D eigenvalue weighted by atomic mass is 15.1. The van der Waals surface area contributed by atoms with E-state index >= 15 is 0 Å². The summed E-state index contributed by atoms with van der Waals surface area (Å²) in [4.78, 5) is 11.4. The zero-order valence-corrected chi connectivity index (χ0v) is 27.7. The van der Waals surface area contributed by atoms with Crippen molar-refractivity contribution in [1.82, 2.24) is 15.0 Å². The Morgan fingerprint density at radius 1 is 0.275 bits per heavy atom. The molecule has 51 heavy (non-hydrogen) atoms. The number of aromatic amines is 3. The zero-order chi connectivity index (χ0) is 33.7. The van der Waals surface area contributed by atoms with Gasteiger partial charge in [0, 0.05) is 0 Å². The number of hydrogen-bond acceptors (Lipinski definition) is 0. The molecule has 0 amide bonds. The van der Waals surface area contributed by atoms with Crippen molar-refractivity contribution in [3.63, 3.8) is 0 Å². The van der Waals surface area contributed by atoms with Gasteiger partial charge in [-0.25, -0.2) is 15.0 Å². The number of H-pyrrole nitrogens is 3. The third-order valence-corrected chi connectivity index (χ3v) is 9.66. The Balaban J connectivity index is 1.31. The molecule has 6 nitrogen and oxygen atoms in total. The molecule has 0 radical (unpaired) electrons. The first-order valence-corrected chi connectivity index (χ1v) is 17.2. The molecular formula is C45H33N6+3. The van der Waals surface area contributed by atoms with E-state index in [1.807, 2.05) is 0 Å². The lowest BCUT2D eigenvalue weighted by atomic mass is 10.0. The normalized spacial score (nSPS) is 11.5. The fourth-order valence-corrected chi connectivity index (χ4v) is 7.41. The van der Waals surface area contributed by atoms with Crippen LogP contribution in [0.3, 0.4) is 0 Å². The van der Waals surface area contributed by atoms with Crippen LogP contribution in [0.2, 0.25) is 0 Å². The van der Waals surface area contributed by atoms with E-state index < -0.39 is 0 Å². The summed E-state index contributed by atoms with van der Waals surface area (Å²) in [6, 6.07) is 64.1. The van der Waals surface area contributed by atoms with Gasteiger partial charge in [-0.3, -0.25) is 0 Å². The minimum atomic E-state index is 0.996. The van der Waals surface area contributed by atoms with E-state index in [-0.39, 0.29) is 0 Å². The summed E-state index contributed by atoms with van der Waals surface area (Å²) in [5.41, 5.74) is 13.0. The van der Waals surface area contributed by atoms with Crippen molar-refractivity contribution in [2.45, 2.75) is 0 Å². The number of imidazole rings is 3. The van der Waals surface area contributed by atoms with Crippen molar-refractivity contribution in [3.8, 4) is 51.2 Å². The lowest BCUT2D eigenvalue weighted by molar-refractivity contribution is -0.554. The van der Waals surface area contributed by atoms with Crippen LogP contribution in [0.15, 0.2) is 182 Å². The Labute approximate surface area is 294 Å². The van der Waals surface area contributed by atoms with Gasteiger partial charge in [0.1, 0.15) is 17.1 Å². The van der Waals surface area contributed by atoms with Crippen molar-refractivity contribution in [2.24, 2.45) is 0 Å². The molecule has 0 aliphatic carbocycles. The molecule has 0 spiro atoms. The van der Waals surface area contributed by atoms with E-state index in [0.717, 1.165) is 84.3 Å². The van der Waals surface area contributed by atoms with Gasteiger partial charge in [0.2, 0.25) is 0 Å². The highest BCUT2D eigenvalue weighted by Gasteiger charge is 2.30. The van der Waals surface area contributed by atoms with Gasteiger partial charge in [-0.15, -0.1) is 0 Å². The molecule has 10 rings (SSSR count). The van der Waals surface area contributed by atoms with Crippen LogP contribution in [0.1, 0.15) is 0 Å². The summed E-state index contributed by atoms with van der Waals surface area (Å²) in [6.07, 6.45) is 0. The Kier molecular flexibility index (Phi) is 6.70. The second kappa shape index (κ2) is 11.8. The molecular weight excluding hydrogens is 625 g/mol. The van der Waals surface area contributed by atoms with Gasteiger partial charge < -0.3 is 0 Å². The molecule has 3 N–H and O–H groups in total. The van der Waals surface area contributed by atoms with Crippen LogP contribution >= 0.6 is 0 Å². The average molecular weight is 658 g/mol. The summed E-state index contributed by atoms with van der Waals surface area (Å²) >= 11 is 0. The van der Waals surface area contributed by atoms with Gasteiger partial charge in [-0.2, -0.15) is 13.7 Å². The molecule has 3 heterocycles. The summed E-state index contributed by atoms with van der Waals surface area (Å²) < 4.78 is 6.97. The number of benzene rings is 7. The average Bonchev–Trinajstić information content (AvgIpc) is 3.91. The molecule has 0 saturated carbocycles. The number of fused-ring (bicyclic) bond motifs is 3. The van der Waals surface area contributed by atoms with Crippen molar-refractivity contribution >= 4 is 33.1 Å². The standard InChI is InChI=1S/C45H30N6/c1-4-16-34(17-5-1)49-40-25-13-10-22-37(40)46-43(49)31-28-32(44-47-38-23-11-14-26-41(38)50(44)35-18-6-2-7-19-35)30-33(29-31)45-48-39-24-12-15-27-42(39)51(45)36-20-8-3-9-21-36/h1-30H/p+3. The molecule has 240 valence electrons. The van der Waals surface area contributed by atoms with Gasteiger partial charge in [0.25, 0.3) is 17.5 Å². The third kappa shape index (κ3) is 4.84. The minimum Gasteiger partial charge on any atom is -0.236 e. The molecule has 0 bridgehead atoms. The lowest BCUT2D eigenvalue weighted by Gasteiger charge is -2.08. The fourth-order valence-electron chi connectivity index (χ4n) is 7.41. The van der Waals surface area contributed by atoms with Crippen LogP contribution in [0, 0.1) is 0 Å². The first-order valence-electron chi connectivity index (χ1n) is 17.2. The molecule has 10 aromatic rings. The summed E-state index contributed by atoms with van der Waals surface area (Å²) in [5.74, 6) is 2.99. The van der Waals surface area contributed by atoms with Crippen molar-refractivity contribution in [3.05, 3.63) is 182 Å². The van der Waals surface area contributed by atoms with E-state index in [2.05, 4.69) is 211 Å². The highest BCUT2D eigenvalue weighted by Crippen LogP contribution is 2.33. The molecule has 3 aromatic heterocycles. The van der Waals surface area contributed by atoms with Crippen molar-refractivity contribution in [1.29, 1.82) is 0 Å². The number of nitrogens with one attached hydrogen (secondary N) is 3. The Bertz CT molecular complexity index is 2520. The number of rotatable bonds is 6. The smallest absolute Gasteiger partial charge is 0.236 e. The number of hydrogen-bond donors (Lipinski definition) is 3. The van der Waals surface area contributed by atoms with Crippen LogP contribution in [0.4, 0.5) is 0 Å². The first-order chi connectivity index (χ1) is 25.3. The minimum absolute atomic E-state index is 0.996. The Morgan fingerprint density at radius 2 is 0.529 bits per heavy atom. The van der Waals surface area contributed by atoms with E-state index in [1.165, 1.54) is 0 Å². The predicted octanol–water partition coefficient (Wildman–Crippen LogP) is 8.96. The van der Waals surface area contributed by atoms with Gasteiger partial charge >= 0.3 is 0 Å². The zero-order valence-electron chi connectivity index (χ0n) is 27.7. The molecule has 0 saturated heterocycles. The predicted molar refractivity (Wildman–Crippen MR) is 203 cm³/mol. The van der Waals surface area contributed by atoms with Gasteiger partial charge in [0.05, 0.1) is 16.7 Å².